The second-order valence-corrected chi connectivity index (χ2v) is 2.94. The predicted molar refractivity (Wildman–Crippen MR) is 47.7 cm³/mol. The lowest BCUT2D eigenvalue weighted by Gasteiger charge is -2.11. The topological polar surface area (TPSA) is 59.1 Å². The van der Waals surface area contributed by atoms with Gasteiger partial charge in [-0.15, -0.1) is 0 Å². The number of nitrogens with two attached hydrogens (primary N) is 1. The second kappa shape index (κ2) is 4.43. The third-order valence-electron chi connectivity index (χ3n) is 1.96. The first kappa shape index (κ1) is 11.0. The number of aliphatic hydroxyl groups excluding tert-OH is 1. The zero-order valence-electron chi connectivity index (χ0n) is 7.80. The normalized spacial score (nSPS) is 11.0. The van der Waals surface area contributed by atoms with Gasteiger partial charge >= 0.3 is 0 Å². The van der Waals surface area contributed by atoms with Crippen LogP contribution in [-0.4, -0.2) is 10.1 Å². The maximum absolute atomic E-state index is 12.5. The summed E-state index contributed by atoms with van der Waals surface area (Å²) in [7, 11) is 0. The first-order valence-corrected chi connectivity index (χ1v) is 4.18. The zero-order chi connectivity index (χ0) is 10.7. The van der Waals surface area contributed by atoms with Crippen LogP contribution in [0.3, 0.4) is 0 Å². The smallest absolute Gasteiger partial charge is 0.264 e. The summed E-state index contributed by atoms with van der Waals surface area (Å²) in [6, 6.07) is 1.27. The molecule has 0 unspecified atom stereocenters. The number of hydrogen-bond donors (Lipinski definition) is 2. The largest absolute Gasteiger partial charge is 0.392 e. The minimum atomic E-state index is -2.61. The Morgan fingerprint density at radius 2 is 2.21 bits per heavy atom. The van der Waals surface area contributed by atoms with E-state index in [2.05, 4.69) is 4.98 Å². The van der Waals surface area contributed by atoms with Crippen molar-refractivity contribution in [3.8, 4) is 0 Å². The van der Waals surface area contributed by atoms with Crippen molar-refractivity contribution < 1.29 is 13.9 Å². The van der Waals surface area contributed by atoms with Gasteiger partial charge in [-0.05, 0) is 13.0 Å². The highest BCUT2D eigenvalue weighted by Gasteiger charge is 2.16. The molecule has 1 heterocycles. The van der Waals surface area contributed by atoms with E-state index in [1.165, 1.54) is 6.07 Å². The van der Waals surface area contributed by atoms with Crippen LogP contribution in [0, 0.1) is 6.92 Å². The summed E-state index contributed by atoms with van der Waals surface area (Å²) in [6.07, 6.45) is -2.61. The van der Waals surface area contributed by atoms with E-state index in [0.29, 0.717) is 11.4 Å². The molecule has 3 N–H and O–H groups in total. The molecule has 0 aliphatic carbocycles. The Morgan fingerprint density at radius 3 is 2.64 bits per heavy atom. The van der Waals surface area contributed by atoms with E-state index in [1.54, 1.807) is 6.92 Å². The van der Waals surface area contributed by atoms with Crippen LogP contribution >= 0.6 is 0 Å². The molecular formula is C9H12F2N2O. The van der Waals surface area contributed by atoms with Gasteiger partial charge in [-0.2, -0.15) is 0 Å². The second-order valence-electron chi connectivity index (χ2n) is 2.94. The van der Waals surface area contributed by atoms with Crippen molar-refractivity contribution in [2.24, 2.45) is 5.73 Å². The molecule has 0 radical (unpaired) electrons. The predicted octanol–water partition coefficient (Wildman–Crippen LogP) is 1.28. The lowest BCUT2D eigenvalue weighted by atomic mass is 10.1. The van der Waals surface area contributed by atoms with Gasteiger partial charge in [0, 0.05) is 23.4 Å². The van der Waals surface area contributed by atoms with Crippen LogP contribution in [0.15, 0.2) is 6.07 Å². The highest BCUT2D eigenvalue weighted by Crippen LogP contribution is 2.25. The molecule has 0 saturated carbocycles. The van der Waals surface area contributed by atoms with Gasteiger partial charge in [-0.25, -0.2) is 8.78 Å². The van der Waals surface area contributed by atoms with E-state index >= 15 is 0 Å². The van der Waals surface area contributed by atoms with Gasteiger partial charge in [-0.3, -0.25) is 4.98 Å². The van der Waals surface area contributed by atoms with Crippen molar-refractivity contribution in [3.63, 3.8) is 0 Å². The minimum Gasteiger partial charge on any atom is -0.392 e. The number of hydrogen-bond acceptors (Lipinski definition) is 3. The summed E-state index contributed by atoms with van der Waals surface area (Å²) in [5.41, 5.74) is 6.13. The fourth-order valence-electron chi connectivity index (χ4n) is 1.34. The number of alkyl halides is 2. The zero-order valence-corrected chi connectivity index (χ0v) is 7.80. The average Bonchev–Trinajstić information content (AvgIpc) is 2.16. The third kappa shape index (κ3) is 2.05. The van der Waals surface area contributed by atoms with Gasteiger partial charge in [0.15, 0.2) is 0 Å². The molecule has 0 saturated heterocycles. The van der Waals surface area contributed by atoms with E-state index in [0.717, 1.165) is 0 Å². The van der Waals surface area contributed by atoms with Gasteiger partial charge < -0.3 is 10.8 Å². The van der Waals surface area contributed by atoms with E-state index < -0.39 is 13.0 Å². The van der Waals surface area contributed by atoms with Crippen molar-refractivity contribution in [1.29, 1.82) is 0 Å². The molecule has 1 aromatic heterocycles. The maximum Gasteiger partial charge on any atom is 0.264 e. The molecule has 1 aromatic rings. The number of halogens is 2. The summed E-state index contributed by atoms with van der Waals surface area (Å²) in [5.74, 6) is 0. The molecule has 0 spiro atoms. The summed E-state index contributed by atoms with van der Waals surface area (Å²) >= 11 is 0. The number of aliphatic hydroxyl groups is 1. The lowest BCUT2D eigenvalue weighted by Crippen LogP contribution is -2.09. The minimum absolute atomic E-state index is 0.0529. The van der Waals surface area contributed by atoms with Crippen LogP contribution in [0.2, 0.25) is 0 Å². The molecule has 0 fully saturated rings. The molecule has 14 heavy (non-hydrogen) atoms. The number of nitrogens with zero attached hydrogens (tertiary/aromatic N) is 1. The molecule has 78 valence electrons. The maximum atomic E-state index is 12.5. The standard InChI is InChI=1S/C9H12F2N2O/c1-5-2-6(9(10)11)7(4-14)8(3-12)13-5/h2,9,14H,3-4,12H2,1H3. The Labute approximate surface area is 80.6 Å². The molecular weight excluding hydrogens is 190 g/mol. The molecule has 0 atom stereocenters. The molecule has 0 aliphatic heterocycles. The van der Waals surface area contributed by atoms with Crippen LogP contribution in [0.25, 0.3) is 0 Å². The van der Waals surface area contributed by atoms with E-state index in [-0.39, 0.29) is 17.7 Å². The van der Waals surface area contributed by atoms with Crippen molar-refractivity contribution in [3.05, 3.63) is 28.6 Å². The number of aryl methyl sites for hydroxylation is 1. The molecule has 5 heteroatoms. The molecule has 0 aliphatic rings. The van der Waals surface area contributed by atoms with Crippen molar-refractivity contribution in [2.45, 2.75) is 26.5 Å². The van der Waals surface area contributed by atoms with Crippen LogP contribution in [0.5, 0.6) is 0 Å². The molecule has 0 bridgehead atoms. The Balaban J connectivity index is 3.31. The number of aromatic nitrogens is 1. The first-order chi connectivity index (χ1) is 6.60. The van der Waals surface area contributed by atoms with Crippen LogP contribution in [0.4, 0.5) is 8.78 Å². The molecule has 0 aromatic carbocycles. The third-order valence-corrected chi connectivity index (χ3v) is 1.96. The Hall–Kier alpha value is -1.07. The van der Waals surface area contributed by atoms with Crippen molar-refractivity contribution in [1.82, 2.24) is 4.98 Å². The fourth-order valence-corrected chi connectivity index (χ4v) is 1.34. The summed E-state index contributed by atoms with van der Waals surface area (Å²) in [6.45, 7) is 1.21. The molecule has 3 nitrogen and oxygen atoms in total. The molecule has 1 rings (SSSR count). The lowest BCUT2D eigenvalue weighted by molar-refractivity contribution is 0.146. The Morgan fingerprint density at radius 1 is 1.57 bits per heavy atom. The van der Waals surface area contributed by atoms with Gasteiger partial charge in [0.2, 0.25) is 0 Å². The van der Waals surface area contributed by atoms with E-state index in [1.807, 2.05) is 0 Å². The summed E-state index contributed by atoms with van der Waals surface area (Å²) in [4.78, 5) is 3.99. The van der Waals surface area contributed by atoms with Gasteiger partial charge in [0.1, 0.15) is 0 Å². The Bertz CT molecular complexity index is 329. The van der Waals surface area contributed by atoms with E-state index in [4.69, 9.17) is 10.8 Å². The summed E-state index contributed by atoms with van der Waals surface area (Å²) in [5, 5.41) is 8.94. The first-order valence-electron chi connectivity index (χ1n) is 4.18. The quantitative estimate of drug-likeness (QED) is 0.776. The van der Waals surface area contributed by atoms with E-state index in [9.17, 15) is 8.78 Å². The van der Waals surface area contributed by atoms with Crippen LogP contribution in [0.1, 0.15) is 28.9 Å². The van der Waals surface area contributed by atoms with Gasteiger partial charge in [-0.1, -0.05) is 0 Å². The monoisotopic (exact) mass is 202 g/mol. The highest BCUT2D eigenvalue weighted by molar-refractivity contribution is 5.33. The van der Waals surface area contributed by atoms with Crippen LogP contribution in [-0.2, 0) is 13.2 Å². The summed E-state index contributed by atoms with van der Waals surface area (Å²) < 4.78 is 25.1. The fraction of sp³-hybridized carbons (Fsp3) is 0.444. The Kier molecular flexibility index (Phi) is 3.49. The van der Waals surface area contributed by atoms with Gasteiger partial charge in [0.25, 0.3) is 6.43 Å². The highest BCUT2D eigenvalue weighted by atomic mass is 19.3. The average molecular weight is 202 g/mol. The number of pyridine rings is 1. The van der Waals surface area contributed by atoms with Gasteiger partial charge in [0.05, 0.1) is 12.3 Å². The van der Waals surface area contributed by atoms with Crippen molar-refractivity contribution >= 4 is 0 Å². The molecule has 0 amide bonds. The SMILES string of the molecule is Cc1cc(C(F)F)c(CO)c(CN)n1. The van der Waals surface area contributed by atoms with Crippen LogP contribution < -0.4 is 5.73 Å². The van der Waals surface area contributed by atoms with Crippen molar-refractivity contribution in [2.75, 3.05) is 0 Å². The number of rotatable bonds is 3.